The molecule has 4 heterocycles. The van der Waals surface area contributed by atoms with Crippen LogP contribution in [-0.2, 0) is 21.2 Å². The molecule has 0 unspecified atom stereocenters. The van der Waals surface area contributed by atoms with Gasteiger partial charge in [-0.3, -0.25) is 0 Å². The molecule has 2 aliphatic heterocycles. The van der Waals surface area contributed by atoms with Crippen molar-refractivity contribution in [3.63, 3.8) is 0 Å². The topological polar surface area (TPSA) is 98.5 Å². The molecular weight excluding hydrogens is 342 g/mol. The summed E-state index contributed by atoms with van der Waals surface area (Å²) in [6.07, 6.45) is 5.58. The first-order valence-corrected chi connectivity index (χ1v) is 10.4. The van der Waals surface area contributed by atoms with Crippen LogP contribution in [0.3, 0.4) is 0 Å². The molecule has 2 aliphatic rings. The van der Waals surface area contributed by atoms with Crippen molar-refractivity contribution in [1.29, 1.82) is 0 Å². The number of nitrogens with zero attached hydrogens (tertiary/aromatic N) is 4. The van der Waals surface area contributed by atoms with Crippen LogP contribution in [0.15, 0.2) is 17.5 Å². The standard InChI is InChI=1S/C16H21N5O3S/c1-2-21-16-13(10-18-21)15(12(9-17-16)14-3-6-24-20-14)19-11-4-7-25(22,23)8-5-11/h9-11H,2-8H2,1H3,(H,17,19). The van der Waals surface area contributed by atoms with Crippen molar-refractivity contribution >= 4 is 32.3 Å². The Morgan fingerprint density at radius 3 is 2.80 bits per heavy atom. The molecule has 0 atom stereocenters. The lowest BCUT2D eigenvalue weighted by atomic mass is 10.0. The van der Waals surface area contributed by atoms with Gasteiger partial charge in [0.05, 0.1) is 34.5 Å². The van der Waals surface area contributed by atoms with Crippen LogP contribution in [0.1, 0.15) is 31.7 Å². The van der Waals surface area contributed by atoms with Crippen molar-refractivity contribution in [1.82, 2.24) is 14.8 Å². The van der Waals surface area contributed by atoms with Crippen LogP contribution in [0.25, 0.3) is 11.0 Å². The number of pyridine rings is 1. The first-order valence-electron chi connectivity index (χ1n) is 8.58. The number of anilines is 1. The van der Waals surface area contributed by atoms with E-state index in [1.165, 1.54) is 0 Å². The van der Waals surface area contributed by atoms with E-state index in [9.17, 15) is 8.42 Å². The van der Waals surface area contributed by atoms with Gasteiger partial charge in [0.2, 0.25) is 0 Å². The van der Waals surface area contributed by atoms with E-state index in [1.807, 2.05) is 24.0 Å². The van der Waals surface area contributed by atoms with E-state index in [-0.39, 0.29) is 17.5 Å². The number of nitrogens with one attached hydrogen (secondary N) is 1. The van der Waals surface area contributed by atoms with Crippen LogP contribution in [0.2, 0.25) is 0 Å². The predicted octanol–water partition coefficient (Wildman–Crippen LogP) is 1.56. The smallest absolute Gasteiger partial charge is 0.159 e. The third kappa shape index (κ3) is 3.08. The maximum atomic E-state index is 11.7. The first kappa shape index (κ1) is 16.3. The molecule has 1 fully saturated rings. The summed E-state index contributed by atoms with van der Waals surface area (Å²) in [4.78, 5) is 9.72. The van der Waals surface area contributed by atoms with Gasteiger partial charge >= 0.3 is 0 Å². The fourth-order valence-corrected chi connectivity index (χ4v) is 4.86. The van der Waals surface area contributed by atoms with Gasteiger partial charge in [-0.05, 0) is 19.8 Å². The van der Waals surface area contributed by atoms with Crippen molar-refractivity contribution in [2.45, 2.75) is 38.8 Å². The SMILES string of the molecule is CCn1ncc2c(NC3CCS(=O)(=O)CC3)c(C3=NOCC3)cnc21. The normalized spacial score (nSPS) is 20.4. The number of oxime groups is 1. The minimum absolute atomic E-state index is 0.112. The molecule has 0 bridgehead atoms. The summed E-state index contributed by atoms with van der Waals surface area (Å²) < 4.78 is 25.2. The molecule has 8 nitrogen and oxygen atoms in total. The van der Waals surface area contributed by atoms with Gasteiger partial charge in [0.15, 0.2) is 5.65 Å². The van der Waals surface area contributed by atoms with Crippen molar-refractivity contribution in [2.24, 2.45) is 5.16 Å². The molecule has 0 amide bonds. The van der Waals surface area contributed by atoms with E-state index in [2.05, 4.69) is 20.6 Å². The number of hydrogen-bond donors (Lipinski definition) is 1. The second-order valence-corrected chi connectivity index (χ2v) is 8.74. The van der Waals surface area contributed by atoms with Crippen molar-refractivity contribution < 1.29 is 13.3 Å². The quantitative estimate of drug-likeness (QED) is 0.885. The van der Waals surface area contributed by atoms with Crippen molar-refractivity contribution in [3.05, 3.63) is 18.0 Å². The lowest BCUT2D eigenvalue weighted by Gasteiger charge is -2.25. The number of sulfone groups is 1. The highest BCUT2D eigenvalue weighted by Gasteiger charge is 2.26. The van der Waals surface area contributed by atoms with Crippen LogP contribution < -0.4 is 5.32 Å². The summed E-state index contributed by atoms with van der Waals surface area (Å²) in [6, 6.07) is 0.112. The maximum Gasteiger partial charge on any atom is 0.159 e. The molecule has 2 aromatic heterocycles. The largest absolute Gasteiger partial charge is 0.395 e. The van der Waals surface area contributed by atoms with Crippen molar-refractivity contribution in [3.8, 4) is 0 Å². The molecular formula is C16H21N5O3S. The van der Waals surface area contributed by atoms with Gasteiger partial charge in [-0.1, -0.05) is 5.16 Å². The zero-order valence-electron chi connectivity index (χ0n) is 14.1. The summed E-state index contributed by atoms with van der Waals surface area (Å²) >= 11 is 0. The van der Waals surface area contributed by atoms with Crippen LogP contribution in [0, 0.1) is 0 Å². The second kappa shape index (κ2) is 6.29. The van der Waals surface area contributed by atoms with Gasteiger partial charge in [0.25, 0.3) is 0 Å². The van der Waals surface area contributed by atoms with Crippen LogP contribution in [0.5, 0.6) is 0 Å². The van der Waals surface area contributed by atoms with Gasteiger partial charge in [-0.2, -0.15) is 5.10 Å². The first-order chi connectivity index (χ1) is 12.1. The average Bonchev–Trinajstić information content (AvgIpc) is 3.26. The van der Waals surface area contributed by atoms with Crippen LogP contribution in [0.4, 0.5) is 5.69 Å². The lowest BCUT2D eigenvalue weighted by molar-refractivity contribution is 0.174. The maximum absolute atomic E-state index is 11.7. The zero-order valence-corrected chi connectivity index (χ0v) is 14.9. The van der Waals surface area contributed by atoms with Gasteiger partial charge < -0.3 is 10.2 Å². The Kier molecular flexibility index (Phi) is 4.10. The second-order valence-electron chi connectivity index (χ2n) is 6.44. The monoisotopic (exact) mass is 363 g/mol. The van der Waals surface area contributed by atoms with Crippen molar-refractivity contribution in [2.75, 3.05) is 23.4 Å². The third-order valence-electron chi connectivity index (χ3n) is 4.78. The summed E-state index contributed by atoms with van der Waals surface area (Å²) in [5, 5.41) is 13.0. The Bertz CT molecular complexity index is 921. The number of aryl methyl sites for hydroxylation is 1. The summed E-state index contributed by atoms with van der Waals surface area (Å²) in [5.41, 5.74) is 3.52. The molecule has 2 aromatic rings. The fourth-order valence-electron chi connectivity index (χ4n) is 3.37. The van der Waals surface area contributed by atoms with Gasteiger partial charge in [-0.25, -0.2) is 18.1 Å². The molecule has 4 rings (SSSR count). The van der Waals surface area contributed by atoms with E-state index < -0.39 is 9.84 Å². The molecule has 0 aliphatic carbocycles. The minimum atomic E-state index is -2.89. The lowest BCUT2D eigenvalue weighted by Crippen LogP contribution is -2.32. The van der Waals surface area contributed by atoms with Gasteiger partial charge in [0, 0.05) is 30.8 Å². The molecule has 1 N–H and O–H groups in total. The summed E-state index contributed by atoms with van der Waals surface area (Å²) in [5.74, 6) is 0.457. The van der Waals surface area contributed by atoms with E-state index in [4.69, 9.17) is 4.84 Å². The number of rotatable bonds is 4. The van der Waals surface area contributed by atoms with E-state index in [0.717, 1.165) is 41.0 Å². The number of fused-ring (bicyclic) bond motifs is 1. The Morgan fingerprint density at radius 1 is 1.32 bits per heavy atom. The molecule has 0 radical (unpaired) electrons. The van der Waals surface area contributed by atoms with E-state index in [0.29, 0.717) is 19.4 Å². The number of aromatic nitrogens is 3. The average molecular weight is 363 g/mol. The Hall–Kier alpha value is -2.16. The Morgan fingerprint density at radius 2 is 2.12 bits per heavy atom. The van der Waals surface area contributed by atoms with Gasteiger partial charge in [-0.15, -0.1) is 0 Å². The van der Waals surface area contributed by atoms with E-state index in [1.54, 1.807) is 0 Å². The molecule has 9 heteroatoms. The minimum Gasteiger partial charge on any atom is -0.395 e. The summed E-state index contributed by atoms with van der Waals surface area (Å²) in [7, 11) is -2.89. The highest BCUT2D eigenvalue weighted by Crippen LogP contribution is 2.30. The number of hydrogen-bond acceptors (Lipinski definition) is 7. The molecule has 0 aromatic carbocycles. The molecule has 0 saturated carbocycles. The van der Waals surface area contributed by atoms with Crippen LogP contribution in [-0.4, -0.2) is 53.0 Å². The molecule has 0 spiro atoms. The Labute approximate surface area is 146 Å². The van der Waals surface area contributed by atoms with Gasteiger partial charge in [0.1, 0.15) is 16.4 Å². The Balaban J connectivity index is 1.73. The fraction of sp³-hybridized carbons (Fsp3) is 0.562. The molecule has 134 valence electrons. The van der Waals surface area contributed by atoms with E-state index >= 15 is 0 Å². The zero-order chi connectivity index (χ0) is 17.4. The predicted molar refractivity (Wildman–Crippen MR) is 95.6 cm³/mol. The molecule has 25 heavy (non-hydrogen) atoms. The highest BCUT2D eigenvalue weighted by molar-refractivity contribution is 7.91. The van der Waals surface area contributed by atoms with Crippen LogP contribution >= 0.6 is 0 Å². The highest BCUT2D eigenvalue weighted by atomic mass is 32.2. The summed E-state index contributed by atoms with van der Waals surface area (Å²) in [6.45, 7) is 3.33. The molecule has 1 saturated heterocycles. The third-order valence-corrected chi connectivity index (χ3v) is 6.50.